The van der Waals surface area contributed by atoms with E-state index in [1.807, 2.05) is 0 Å². The summed E-state index contributed by atoms with van der Waals surface area (Å²) in [5.41, 5.74) is 6.74. The van der Waals surface area contributed by atoms with Crippen molar-refractivity contribution < 1.29 is 4.79 Å². The SMILES string of the molecule is CC(C)c1cc2c(cc1C=O)[C@]1(C)CCCC(C)(C)C1=C2. The molecule has 1 heteroatoms. The summed E-state index contributed by atoms with van der Waals surface area (Å²) in [4.78, 5) is 11.5. The van der Waals surface area contributed by atoms with Gasteiger partial charge in [-0.05, 0) is 46.9 Å². The average molecular weight is 282 g/mol. The van der Waals surface area contributed by atoms with Crippen molar-refractivity contribution in [1.29, 1.82) is 0 Å². The van der Waals surface area contributed by atoms with Gasteiger partial charge in [-0.15, -0.1) is 0 Å². The van der Waals surface area contributed by atoms with Crippen molar-refractivity contribution in [2.24, 2.45) is 5.41 Å². The van der Waals surface area contributed by atoms with Gasteiger partial charge in [0, 0.05) is 11.0 Å². The first-order chi connectivity index (χ1) is 9.79. The quantitative estimate of drug-likeness (QED) is 0.656. The van der Waals surface area contributed by atoms with Gasteiger partial charge in [-0.3, -0.25) is 4.79 Å². The maximum absolute atomic E-state index is 11.5. The zero-order valence-electron chi connectivity index (χ0n) is 13.9. The second-order valence-electron chi connectivity index (χ2n) is 7.97. The molecule has 112 valence electrons. The minimum atomic E-state index is 0.129. The van der Waals surface area contributed by atoms with Gasteiger partial charge in [-0.1, -0.05) is 58.8 Å². The Morgan fingerprint density at radius 3 is 2.48 bits per heavy atom. The summed E-state index contributed by atoms with van der Waals surface area (Å²) in [5, 5.41) is 0. The van der Waals surface area contributed by atoms with E-state index < -0.39 is 0 Å². The molecule has 0 spiro atoms. The lowest BCUT2D eigenvalue weighted by molar-refractivity contribution is 0.112. The zero-order valence-corrected chi connectivity index (χ0v) is 13.9. The summed E-state index contributed by atoms with van der Waals surface area (Å²) in [6, 6.07) is 4.43. The monoisotopic (exact) mass is 282 g/mol. The van der Waals surface area contributed by atoms with Gasteiger partial charge >= 0.3 is 0 Å². The van der Waals surface area contributed by atoms with Crippen molar-refractivity contribution in [3.63, 3.8) is 0 Å². The number of allylic oxidation sites excluding steroid dienone is 1. The third-order valence-electron chi connectivity index (χ3n) is 5.70. The highest BCUT2D eigenvalue weighted by Gasteiger charge is 2.46. The number of carbonyl (C=O) groups is 1. The van der Waals surface area contributed by atoms with E-state index in [0.29, 0.717) is 5.92 Å². The molecule has 2 aliphatic carbocycles. The number of fused-ring (bicyclic) bond motifs is 3. The van der Waals surface area contributed by atoms with E-state index in [1.54, 1.807) is 5.57 Å². The van der Waals surface area contributed by atoms with Crippen molar-refractivity contribution in [2.75, 3.05) is 0 Å². The summed E-state index contributed by atoms with van der Waals surface area (Å²) in [5.74, 6) is 0.386. The molecular formula is C20H26O. The Hall–Kier alpha value is -1.37. The molecule has 21 heavy (non-hydrogen) atoms. The van der Waals surface area contributed by atoms with Crippen molar-refractivity contribution in [3.05, 3.63) is 40.0 Å². The van der Waals surface area contributed by atoms with Crippen LogP contribution >= 0.6 is 0 Å². The summed E-state index contributed by atoms with van der Waals surface area (Å²) in [7, 11) is 0. The summed E-state index contributed by atoms with van der Waals surface area (Å²) >= 11 is 0. The lowest BCUT2D eigenvalue weighted by Crippen LogP contribution is -2.35. The minimum Gasteiger partial charge on any atom is -0.298 e. The molecule has 0 radical (unpaired) electrons. The first kappa shape index (κ1) is 14.6. The van der Waals surface area contributed by atoms with Gasteiger partial charge in [0.15, 0.2) is 0 Å². The number of carbonyl (C=O) groups excluding carboxylic acids is 1. The summed E-state index contributed by atoms with van der Waals surface area (Å²) in [6.07, 6.45) is 7.18. The fourth-order valence-corrected chi connectivity index (χ4v) is 4.54. The topological polar surface area (TPSA) is 17.1 Å². The first-order valence-electron chi connectivity index (χ1n) is 8.16. The number of rotatable bonds is 2. The van der Waals surface area contributed by atoms with Gasteiger partial charge < -0.3 is 0 Å². The van der Waals surface area contributed by atoms with Crippen LogP contribution in [-0.4, -0.2) is 6.29 Å². The second-order valence-corrected chi connectivity index (χ2v) is 7.97. The van der Waals surface area contributed by atoms with Crippen LogP contribution in [0.4, 0.5) is 0 Å². The van der Waals surface area contributed by atoms with Gasteiger partial charge in [0.25, 0.3) is 0 Å². The van der Waals surface area contributed by atoms with E-state index in [1.165, 1.54) is 36.0 Å². The van der Waals surface area contributed by atoms with Crippen LogP contribution in [0.25, 0.3) is 6.08 Å². The third kappa shape index (κ3) is 2.01. The molecule has 0 amide bonds. The lowest BCUT2D eigenvalue weighted by atomic mass is 9.60. The molecule has 1 nitrogen and oxygen atoms in total. The van der Waals surface area contributed by atoms with E-state index >= 15 is 0 Å². The van der Waals surface area contributed by atoms with Crippen LogP contribution in [0.2, 0.25) is 0 Å². The third-order valence-corrected chi connectivity index (χ3v) is 5.70. The number of hydrogen-bond donors (Lipinski definition) is 0. The maximum atomic E-state index is 11.5. The molecule has 0 unspecified atom stereocenters. The van der Waals surface area contributed by atoms with E-state index in [9.17, 15) is 4.79 Å². The molecule has 1 aromatic rings. The Kier molecular flexibility index (Phi) is 3.16. The Labute approximate surface area is 128 Å². The first-order valence-corrected chi connectivity index (χ1v) is 8.16. The molecule has 1 aromatic carbocycles. The zero-order chi connectivity index (χ0) is 15.4. The Morgan fingerprint density at radius 2 is 1.86 bits per heavy atom. The maximum Gasteiger partial charge on any atom is 0.150 e. The lowest BCUT2D eigenvalue weighted by Gasteiger charge is -2.44. The number of aldehydes is 1. The smallest absolute Gasteiger partial charge is 0.150 e. The molecule has 0 bridgehead atoms. The van der Waals surface area contributed by atoms with Crippen LogP contribution < -0.4 is 0 Å². The van der Waals surface area contributed by atoms with Gasteiger partial charge in [0.2, 0.25) is 0 Å². The summed E-state index contributed by atoms with van der Waals surface area (Å²) in [6.45, 7) is 11.4. The van der Waals surface area contributed by atoms with Crippen molar-refractivity contribution in [2.45, 2.75) is 65.2 Å². The Balaban J connectivity index is 2.22. The number of hydrogen-bond acceptors (Lipinski definition) is 1. The van der Waals surface area contributed by atoms with E-state index in [2.05, 4.69) is 52.8 Å². The van der Waals surface area contributed by atoms with Gasteiger partial charge in [-0.25, -0.2) is 0 Å². The van der Waals surface area contributed by atoms with E-state index in [4.69, 9.17) is 0 Å². The van der Waals surface area contributed by atoms with Crippen molar-refractivity contribution >= 4 is 12.4 Å². The molecule has 0 aliphatic heterocycles. The molecule has 0 aromatic heterocycles. The average Bonchev–Trinajstić information content (AvgIpc) is 2.71. The van der Waals surface area contributed by atoms with Gasteiger partial charge in [0.05, 0.1) is 0 Å². The fourth-order valence-electron chi connectivity index (χ4n) is 4.54. The Morgan fingerprint density at radius 1 is 1.14 bits per heavy atom. The molecular weight excluding hydrogens is 256 g/mol. The van der Waals surface area contributed by atoms with Crippen molar-refractivity contribution in [3.8, 4) is 0 Å². The highest BCUT2D eigenvalue weighted by Crippen LogP contribution is 2.57. The highest BCUT2D eigenvalue weighted by atomic mass is 16.1. The van der Waals surface area contributed by atoms with Gasteiger partial charge in [-0.2, -0.15) is 0 Å². The molecule has 2 aliphatic rings. The largest absolute Gasteiger partial charge is 0.298 e. The molecule has 0 N–H and O–H groups in total. The van der Waals surface area contributed by atoms with E-state index in [-0.39, 0.29) is 10.8 Å². The second kappa shape index (κ2) is 4.56. The standard InChI is InChI=1S/C20H26O/c1-13(2)16-9-14-11-18-19(3,4)7-6-8-20(18,5)17(14)10-15(16)12-21/h9-13H,6-8H2,1-5H3/t20-/m0/s1. The van der Waals surface area contributed by atoms with Crippen LogP contribution in [0.1, 0.15) is 86.8 Å². The van der Waals surface area contributed by atoms with Crippen LogP contribution in [0.5, 0.6) is 0 Å². The molecule has 1 atom stereocenters. The minimum absolute atomic E-state index is 0.129. The van der Waals surface area contributed by atoms with Crippen LogP contribution in [0.15, 0.2) is 17.7 Å². The van der Waals surface area contributed by atoms with Crippen LogP contribution in [0.3, 0.4) is 0 Å². The molecule has 0 saturated heterocycles. The van der Waals surface area contributed by atoms with E-state index in [0.717, 1.165) is 11.8 Å². The Bertz CT molecular complexity index is 633. The predicted octanol–water partition coefficient (Wildman–Crippen LogP) is 5.49. The summed E-state index contributed by atoms with van der Waals surface area (Å²) < 4.78 is 0. The van der Waals surface area contributed by atoms with Crippen LogP contribution in [0, 0.1) is 5.41 Å². The van der Waals surface area contributed by atoms with Crippen molar-refractivity contribution in [1.82, 2.24) is 0 Å². The number of benzene rings is 1. The van der Waals surface area contributed by atoms with Gasteiger partial charge in [0.1, 0.15) is 6.29 Å². The molecule has 0 heterocycles. The predicted molar refractivity (Wildman–Crippen MR) is 88.9 cm³/mol. The normalized spacial score (nSPS) is 26.3. The molecule has 3 rings (SSSR count). The highest BCUT2D eigenvalue weighted by molar-refractivity contribution is 5.82. The molecule has 1 fully saturated rings. The molecule has 1 saturated carbocycles. The van der Waals surface area contributed by atoms with Crippen LogP contribution in [-0.2, 0) is 5.41 Å². The fraction of sp³-hybridized carbons (Fsp3) is 0.550.